The third kappa shape index (κ3) is 5.26. The number of aromatic hydroxyl groups is 1. The number of aliphatic imine (C=N–C) groups is 1. The van der Waals surface area contributed by atoms with Crippen molar-refractivity contribution in [1.82, 2.24) is 4.90 Å². The molecule has 9 heteroatoms. The Morgan fingerprint density at radius 2 is 1.97 bits per heavy atom. The molecule has 190 valence electrons. The third-order valence-corrected chi connectivity index (χ3v) is 6.91. The van der Waals surface area contributed by atoms with E-state index in [-0.39, 0.29) is 23.4 Å². The lowest BCUT2D eigenvalue weighted by Crippen LogP contribution is -2.39. The molecule has 2 aromatic rings. The highest BCUT2D eigenvalue weighted by Crippen LogP contribution is 2.42. The van der Waals surface area contributed by atoms with Crippen LogP contribution in [0, 0.1) is 19.8 Å². The second-order valence-corrected chi connectivity index (χ2v) is 9.86. The first kappa shape index (κ1) is 25.4. The minimum absolute atomic E-state index is 0.00140. The van der Waals surface area contributed by atoms with Gasteiger partial charge >= 0.3 is 11.9 Å². The summed E-state index contributed by atoms with van der Waals surface area (Å²) in [6, 6.07) is 11.1. The summed E-state index contributed by atoms with van der Waals surface area (Å²) in [4.78, 5) is 32.8. The molecule has 2 aliphatic rings. The van der Waals surface area contributed by atoms with Gasteiger partial charge in [0, 0.05) is 0 Å². The van der Waals surface area contributed by atoms with E-state index in [1.54, 1.807) is 17.0 Å². The molecule has 1 amide bonds. The number of hydrogen-bond donors (Lipinski definition) is 3. The number of carbonyl (C=O) groups excluding carboxylic acids is 1. The number of aryl methyl sites for hydroxylation is 2. The highest BCUT2D eigenvalue weighted by Gasteiger charge is 2.34. The van der Waals surface area contributed by atoms with Crippen LogP contribution >= 0.6 is 0 Å². The normalized spacial score (nSPS) is 21.2. The van der Waals surface area contributed by atoms with Gasteiger partial charge in [0.1, 0.15) is 11.6 Å². The quantitative estimate of drug-likeness (QED) is 0.396. The fourth-order valence-electron chi connectivity index (χ4n) is 4.82. The van der Waals surface area contributed by atoms with Crippen LogP contribution in [-0.2, 0) is 9.59 Å². The number of nitrogens with zero attached hydrogens (tertiary/aromatic N) is 4. The molecule has 1 aliphatic carbocycles. The molecule has 2 atom stereocenters. The summed E-state index contributed by atoms with van der Waals surface area (Å²) in [5, 5.41) is 24.6. The number of phenolic OH excluding ortho intramolecular Hbond substituents is 1. The van der Waals surface area contributed by atoms with Crippen molar-refractivity contribution in [1.29, 1.82) is 0 Å². The van der Waals surface area contributed by atoms with E-state index in [1.807, 2.05) is 57.1 Å². The van der Waals surface area contributed by atoms with Gasteiger partial charge < -0.3 is 15.1 Å². The highest BCUT2D eigenvalue weighted by molar-refractivity contribution is 6.54. The molecule has 1 saturated carbocycles. The molecule has 3 N–H and O–H groups in total. The number of nitrogens with one attached hydrogen (secondary N) is 1. The van der Waals surface area contributed by atoms with Gasteiger partial charge in [-0.05, 0) is 88.0 Å². The fourth-order valence-corrected chi connectivity index (χ4v) is 4.82. The average Bonchev–Trinajstić information content (AvgIpc) is 3.14. The predicted octanol–water partition coefficient (Wildman–Crippen LogP) is 4.10. The van der Waals surface area contributed by atoms with Crippen LogP contribution in [0.1, 0.15) is 48.3 Å². The number of para-hydroxylation sites is 1. The van der Waals surface area contributed by atoms with Crippen molar-refractivity contribution < 1.29 is 19.8 Å². The molecule has 1 aliphatic heterocycles. The van der Waals surface area contributed by atoms with Crippen LogP contribution in [0.25, 0.3) is 0 Å². The number of carboxylic acid groups (broad SMARTS) is 1. The lowest BCUT2D eigenvalue weighted by Gasteiger charge is -2.27. The van der Waals surface area contributed by atoms with E-state index < -0.39 is 11.9 Å². The zero-order valence-corrected chi connectivity index (χ0v) is 21.2. The van der Waals surface area contributed by atoms with Gasteiger partial charge in [0.2, 0.25) is 5.84 Å². The van der Waals surface area contributed by atoms with Crippen LogP contribution < -0.4 is 10.3 Å². The maximum atomic E-state index is 13.3. The summed E-state index contributed by atoms with van der Waals surface area (Å²) >= 11 is 0. The van der Waals surface area contributed by atoms with Crippen LogP contribution in [0.5, 0.6) is 5.75 Å². The SMILES string of the molecule is Cc1ccc(N2C(=O)/C(=N\Nc3cccc(C4CCCC(C(=O)O)C4)c3O)N=C2CN(C)C)cc1C. The molecule has 1 fully saturated rings. The van der Waals surface area contributed by atoms with E-state index in [4.69, 9.17) is 0 Å². The highest BCUT2D eigenvalue weighted by atomic mass is 16.4. The first-order valence-corrected chi connectivity index (χ1v) is 12.2. The predicted molar refractivity (Wildman–Crippen MR) is 141 cm³/mol. The smallest absolute Gasteiger partial charge is 0.306 e. The van der Waals surface area contributed by atoms with Gasteiger partial charge in [0.05, 0.1) is 23.8 Å². The molecule has 0 bridgehead atoms. The van der Waals surface area contributed by atoms with Gasteiger partial charge in [-0.3, -0.25) is 19.9 Å². The van der Waals surface area contributed by atoms with Crippen LogP contribution in [0.3, 0.4) is 0 Å². The fraction of sp³-hybridized carbons (Fsp3) is 0.407. The summed E-state index contributed by atoms with van der Waals surface area (Å²) in [7, 11) is 3.81. The molecule has 2 aromatic carbocycles. The Labute approximate surface area is 211 Å². The minimum Gasteiger partial charge on any atom is -0.505 e. The van der Waals surface area contributed by atoms with Crippen molar-refractivity contribution in [2.24, 2.45) is 16.0 Å². The third-order valence-electron chi connectivity index (χ3n) is 6.91. The second kappa shape index (κ2) is 10.5. The number of benzene rings is 2. The van der Waals surface area contributed by atoms with Crippen LogP contribution in [0.15, 0.2) is 46.5 Å². The van der Waals surface area contributed by atoms with Crippen molar-refractivity contribution in [3.8, 4) is 5.75 Å². The standard InChI is InChI=1S/C27H33N5O4/c1-16-11-12-20(13-17(16)2)32-23(15-31(3)4)28-25(26(32)34)30-29-22-10-6-9-21(24(22)33)18-7-5-8-19(14-18)27(35)36/h6,9-13,18-19,29,33H,5,7-8,14-15H2,1-4H3,(H,35,36)/b30-25+. The van der Waals surface area contributed by atoms with Gasteiger partial charge in [-0.25, -0.2) is 4.99 Å². The topological polar surface area (TPSA) is 118 Å². The Morgan fingerprint density at radius 1 is 1.19 bits per heavy atom. The Hall–Kier alpha value is -3.72. The number of rotatable bonds is 7. The Morgan fingerprint density at radius 3 is 2.67 bits per heavy atom. The maximum Gasteiger partial charge on any atom is 0.306 e. The second-order valence-electron chi connectivity index (χ2n) is 9.86. The lowest BCUT2D eigenvalue weighted by molar-refractivity contribution is -0.143. The summed E-state index contributed by atoms with van der Waals surface area (Å²) in [5.74, 6) is -1.02. The van der Waals surface area contributed by atoms with Crippen molar-refractivity contribution >= 4 is 34.9 Å². The van der Waals surface area contributed by atoms with Crippen molar-refractivity contribution in [2.45, 2.75) is 45.4 Å². The van der Waals surface area contributed by atoms with Crippen LogP contribution in [0.4, 0.5) is 11.4 Å². The van der Waals surface area contributed by atoms with E-state index in [1.165, 1.54) is 0 Å². The number of hydrazone groups is 1. The number of hydrogen-bond acceptors (Lipinski definition) is 6. The summed E-state index contributed by atoms with van der Waals surface area (Å²) in [5.41, 5.74) is 6.79. The summed E-state index contributed by atoms with van der Waals surface area (Å²) in [6.07, 6.45) is 2.76. The zero-order chi connectivity index (χ0) is 26.0. The molecule has 0 saturated heterocycles. The number of anilines is 2. The van der Waals surface area contributed by atoms with Gasteiger partial charge in [0.25, 0.3) is 0 Å². The number of likely N-dealkylation sites (N-methyl/N-ethyl adjacent to an activating group) is 1. The van der Waals surface area contributed by atoms with Gasteiger partial charge in [-0.2, -0.15) is 0 Å². The Kier molecular flexibility index (Phi) is 7.40. The Bertz CT molecular complexity index is 1240. The van der Waals surface area contributed by atoms with Crippen molar-refractivity contribution in [3.05, 3.63) is 53.1 Å². The number of amides is 1. The molecular formula is C27H33N5O4. The lowest BCUT2D eigenvalue weighted by atomic mass is 9.77. The van der Waals surface area contributed by atoms with Crippen LogP contribution in [0.2, 0.25) is 0 Å². The molecular weight excluding hydrogens is 458 g/mol. The van der Waals surface area contributed by atoms with E-state index >= 15 is 0 Å². The zero-order valence-electron chi connectivity index (χ0n) is 21.2. The van der Waals surface area contributed by atoms with E-state index in [9.17, 15) is 19.8 Å². The summed E-state index contributed by atoms with van der Waals surface area (Å²) < 4.78 is 0. The van der Waals surface area contributed by atoms with Crippen molar-refractivity contribution in [2.75, 3.05) is 31.0 Å². The first-order valence-electron chi connectivity index (χ1n) is 12.2. The molecule has 9 nitrogen and oxygen atoms in total. The molecule has 0 aromatic heterocycles. The summed E-state index contributed by atoms with van der Waals surface area (Å²) in [6.45, 7) is 4.47. The monoisotopic (exact) mass is 491 g/mol. The van der Waals surface area contributed by atoms with Gasteiger partial charge in [-0.1, -0.05) is 24.6 Å². The number of carbonyl (C=O) groups is 2. The maximum absolute atomic E-state index is 13.3. The molecule has 4 rings (SSSR count). The van der Waals surface area contributed by atoms with E-state index in [0.29, 0.717) is 36.5 Å². The number of amidine groups is 2. The largest absolute Gasteiger partial charge is 0.505 e. The number of aliphatic carboxylic acids is 1. The molecule has 0 spiro atoms. The molecule has 1 heterocycles. The number of phenols is 1. The molecule has 2 unspecified atom stereocenters. The molecule has 36 heavy (non-hydrogen) atoms. The minimum atomic E-state index is -0.792. The molecule has 0 radical (unpaired) electrons. The first-order chi connectivity index (χ1) is 17.2. The van der Waals surface area contributed by atoms with Gasteiger partial charge in [0.15, 0.2) is 0 Å². The van der Waals surface area contributed by atoms with Crippen LogP contribution in [-0.4, -0.2) is 59.3 Å². The van der Waals surface area contributed by atoms with Crippen molar-refractivity contribution in [3.63, 3.8) is 0 Å². The average molecular weight is 492 g/mol. The van der Waals surface area contributed by atoms with E-state index in [0.717, 1.165) is 29.7 Å². The van der Waals surface area contributed by atoms with E-state index in [2.05, 4.69) is 15.5 Å². The number of carboxylic acids is 1. The van der Waals surface area contributed by atoms with Gasteiger partial charge in [-0.15, -0.1) is 5.10 Å². The Balaban J connectivity index is 1.59.